The van der Waals surface area contributed by atoms with E-state index < -0.39 is 12.2 Å². The van der Waals surface area contributed by atoms with E-state index in [0.29, 0.717) is 11.5 Å². The fourth-order valence-electron chi connectivity index (χ4n) is 5.37. The molecule has 1 saturated carbocycles. The summed E-state index contributed by atoms with van der Waals surface area (Å²) in [6.07, 6.45) is 4.10. The van der Waals surface area contributed by atoms with Crippen molar-refractivity contribution in [3.63, 3.8) is 0 Å². The number of rotatable bonds is 2. The molecule has 5 rings (SSSR count). The molecule has 0 spiro atoms. The van der Waals surface area contributed by atoms with Crippen LogP contribution in [0.1, 0.15) is 65.6 Å². The van der Waals surface area contributed by atoms with Gasteiger partial charge in [0.15, 0.2) is 0 Å². The number of fused-ring (bicyclic) bond motifs is 5. The Balaban J connectivity index is 1.84. The molecule has 5 heteroatoms. The Bertz CT molecular complexity index is 1110. The molecule has 1 aliphatic carbocycles. The number of hydrogen-bond donors (Lipinski definition) is 2. The van der Waals surface area contributed by atoms with E-state index in [1.165, 1.54) is 31.9 Å². The lowest BCUT2D eigenvalue weighted by Gasteiger charge is -2.24. The van der Waals surface area contributed by atoms with Crippen molar-refractivity contribution >= 4 is 16.9 Å². The van der Waals surface area contributed by atoms with Crippen LogP contribution in [0, 0.1) is 0 Å². The van der Waals surface area contributed by atoms with Gasteiger partial charge in [-0.15, -0.1) is 0 Å². The fraction of sp³-hybridized carbons (Fsp3) is 0.400. The molecule has 0 unspecified atom stereocenters. The number of esters is 1. The van der Waals surface area contributed by atoms with Crippen molar-refractivity contribution < 1.29 is 19.7 Å². The molecule has 2 N–H and O–H groups in total. The zero-order valence-corrected chi connectivity index (χ0v) is 17.2. The van der Waals surface area contributed by atoms with Crippen LogP contribution >= 0.6 is 0 Å². The van der Waals surface area contributed by atoms with Crippen molar-refractivity contribution in [3.05, 3.63) is 59.2 Å². The molecule has 2 heterocycles. The van der Waals surface area contributed by atoms with Gasteiger partial charge in [-0.25, -0.2) is 4.79 Å². The highest BCUT2D eigenvalue weighted by atomic mass is 16.5. The molecule has 0 saturated heterocycles. The zero-order chi connectivity index (χ0) is 20.8. The smallest absolute Gasteiger partial charge is 0.337 e. The zero-order valence-electron chi connectivity index (χ0n) is 17.2. The number of benzene rings is 2. The minimum atomic E-state index is -0.945. The maximum absolute atomic E-state index is 12.2. The Morgan fingerprint density at radius 1 is 1.07 bits per heavy atom. The van der Waals surface area contributed by atoms with E-state index in [9.17, 15) is 15.0 Å². The molecular formula is C25H27NO4. The number of carbonyl (C=O) groups is 1. The van der Waals surface area contributed by atoms with E-state index in [1.807, 2.05) is 42.5 Å². The van der Waals surface area contributed by atoms with Gasteiger partial charge in [-0.05, 0) is 42.0 Å². The lowest BCUT2D eigenvalue weighted by atomic mass is 9.81. The van der Waals surface area contributed by atoms with Crippen LogP contribution in [0.15, 0.2) is 42.5 Å². The van der Waals surface area contributed by atoms with Crippen molar-refractivity contribution in [1.29, 1.82) is 0 Å². The number of nitrogens with zero attached hydrogens (tertiary/aromatic N) is 1. The fourth-order valence-corrected chi connectivity index (χ4v) is 5.37. The van der Waals surface area contributed by atoms with Crippen LogP contribution in [0.4, 0.5) is 0 Å². The van der Waals surface area contributed by atoms with Crippen LogP contribution in [0.25, 0.3) is 22.2 Å². The molecule has 0 bridgehead atoms. The Hall–Kier alpha value is -2.63. The first kappa shape index (κ1) is 19.3. The highest BCUT2D eigenvalue weighted by Crippen LogP contribution is 2.47. The summed E-state index contributed by atoms with van der Waals surface area (Å²) in [6, 6.07) is 13.6. The molecular weight excluding hydrogens is 378 g/mol. The Morgan fingerprint density at radius 3 is 2.60 bits per heavy atom. The first-order valence-corrected chi connectivity index (χ1v) is 10.8. The first-order valence-electron chi connectivity index (χ1n) is 10.8. The van der Waals surface area contributed by atoms with Crippen LogP contribution in [-0.4, -0.2) is 34.0 Å². The molecule has 0 radical (unpaired) electrons. The van der Waals surface area contributed by atoms with E-state index in [1.54, 1.807) is 0 Å². The summed E-state index contributed by atoms with van der Waals surface area (Å²) in [6.45, 7) is 0.277. The first-order chi connectivity index (χ1) is 14.6. The van der Waals surface area contributed by atoms with Crippen LogP contribution in [0.3, 0.4) is 0 Å². The topological polar surface area (TPSA) is 71.7 Å². The van der Waals surface area contributed by atoms with Gasteiger partial charge in [-0.2, -0.15) is 0 Å². The molecule has 3 aromatic rings. The summed E-state index contributed by atoms with van der Waals surface area (Å²) in [5, 5.41) is 22.7. The van der Waals surface area contributed by atoms with E-state index in [-0.39, 0.29) is 12.5 Å². The molecule has 0 amide bonds. The second kappa shape index (κ2) is 7.56. The third-order valence-electron chi connectivity index (χ3n) is 6.81. The summed E-state index contributed by atoms with van der Waals surface area (Å²) in [5.74, 6) is 0.0585. The van der Waals surface area contributed by atoms with Crippen LogP contribution in [-0.2, 0) is 11.3 Å². The predicted octanol–water partition coefficient (Wildman–Crippen LogP) is 4.55. The van der Waals surface area contributed by atoms with E-state index >= 15 is 0 Å². The van der Waals surface area contributed by atoms with Gasteiger partial charge >= 0.3 is 5.97 Å². The second-order valence-corrected chi connectivity index (χ2v) is 8.53. The Morgan fingerprint density at radius 2 is 1.83 bits per heavy atom. The largest absolute Gasteiger partial charge is 0.465 e. The van der Waals surface area contributed by atoms with E-state index in [0.717, 1.165) is 40.6 Å². The van der Waals surface area contributed by atoms with Gasteiger partial charge in [0.05, 0.1) is 24.9 Å². The van der Waals surface area contributed by atoms with Crippen molar-refractivity contribution in [2.45, 2.75) is 56.8 Å². The highest BCUT2D eigenvalue weighted by Gasteiger charge is 2.33. The minimum absolute atomic E-state index is 0.277. The second-order valence-electron chi connectivity index (χ2n) is 8.53. The molecule has 2 aromatic carbocycles. The maximum Gasteiger partial charge on any atom is 0.337 e. The molecule has 156 valence electrons. The average Bonchev–Trinajstić information content (AvgIpc) is 3.06. The number of aliphatic hydroxyl groups is 2. The molecule has 1 aliphatic heterocycles. The van der Waals surface area contributed by atoms with Gasteiger partial charge in [0.2, 0.25) is 0 Å². The quantitative estimate of drug-likeness (QED) is 0.614. The number of hydrogen-bond acceptors (Lipinski definition) is 4. The normalized spacial score (nSPS) is 21.7. The maximum atomic E-state index is 12.2. The number of carbonyl (C=O) groups excluding carboxylic acids is 1. The highest BCUT2D eigenvalue weighted by molar-refractivity contribution is 5.99. The predicted molar refractivity (Wildman–Crippen MR) is 116 cm³/mol. The van der Waals surface area contributed by atoms with Gasteiger partial charge in [0.1, 0.15) is 12.2 Å². The van der Waals surface area contributed by atoms with Crippen molar-refractivity contribution in [2.24, 2.45) is 0 Å². The van der Waals surface area contributed by atoms with Crippen molar-refractivity contribution in [2.75, 3.05) is 7.11 Å². The summed E-state index contributed by atoms with van der Waals surface area (Å²) >= 11 is 0. The molecule has 2 aliphatic rings. The summed E-state index contributed by atoms with van der Waals surface area (Å²) < 4.78 is 7.04. The van der Waals surface area contributed by atoms with Gasteiger partial charge in [0.25, 0.3) is 0 Å². The molecule has 1 fully saturated rings. The summed E-state index contributed by atoms with van der Waals surface area (Å²) in [4.78, 5) is 12.2. The van der Waals surface area contributed by atoms with Gasteiger partial charge in [0, 0.05) is 16.5 Å². The van der Waals surface area contributed by atoms with Crippen molar-refractivity contribution in [1.82, 2.24) is 4.57 Å². The summed E-state index contributed by atoms with van der Waals surface area (Å²) in [5.41, 5.74) is 5.50. The van der Waals surface area contributed by atoms with Crippen LogP contribution in [0.2, 0.25) is 0 Å². The standard InChI is InChI=1S/C25H27NO4/c1-30-25(29)16-11-12-19-20(13-16)26-14-21(27)24(28)18-10-6-5-9-17(18)23(26)22(19)15-7-3-2-4-8-15/h5-6,9-13,15,21,24,27-28H,2-4,7-8,14H2,1H3/t21-,24+/m0/s1. The summed E-state index contributed by atoms with van der Waals surface area (Å²) in [7, 11) is 1.38. The molecule has 30 heavy (non-hydrogen) atoms. The Kier molecular flexibility index (Phi) is 4.88. The molecule has 5 nitrogen and oxygen atoms in total. The van der Waals surface area contributed by atoms with Gasteiger partial charge < -0.3 is 19.5 Å². The van der Waals surface area contributed by atoms with E-state index in [4.69, 9.17) is 4.74 Å². The lowest BCUT2D eigenvalue weighted by Crippen LogP contribution is -2.22. The Labute approximate surface area is 175 Å². The van der Waals surface area contributed by atoms with Gasteiger partial charge in [-0.3, -0.25) is 0 Å². The number of aliphatic hydroxyl groups excluding tert-OH is 2. The number of aromatic nitrogens is 1. The number of methoxy groups -OCH3 is 1. The van der Waals surface area contributed by atoms with Crippen LogP contribution < -0.4 is 0 Å². The molecule has 2 atom stereocenters. The SMILES string of the molecule is COC(=O)c1ccc2c(C3CCCCC3)c3n(c2c1)C[C@H](O)[C@H](O)c1ccccc1-3. The van der Waals surface area contributed by atoms with Crippen molar-refractivity contribution in [3.8, 4) is 11.3 Å². The monoisotopic (exact) mass is 405 g/mol. The minimum Gasteiger partial charge on any atom is -0.465 e. The third-order valence-corrected chi connectivity index (χ3v) is 6.81. The third kappa shape index (κ3) is 2.96. The van der Waals surface area contributed by atoms with Crippen LogP contribution in [0.5, 0.6) is 0 Å². The average molecular weight is 405 g/mol. The number of ether oxygens (including phenoxy) is 1. The van der Waals surface area contributed by atoms with Gasteiger partial charge in [-0.1, -0.05) is 49.6 Å². The van der Waals surface area contributed by atoms with E-state index in [2.05, 4.69) is 4.57 Å². The lowest BCUT2D eigenvalue weighted by molar-refractivity contribution is 0.0112. The molecule has 1 aromatic heterocycles.